The van der Waals surface area contributed by atoms with E-state index in [0.717, 1.165) is 25.1 Å². The maximum Gasteiger partial charge on any atom is 0.119 e. The fourth-order valence-electron chi connectivity index (χ4n) is 1.81. The number of rotatable bonds is 6. The number of phenolic OH excluding ortho intramolecular Hbond substituents is 2. The summed E-state index contributed by atoms with van der Waals surface area (Å²) < 4.78 is 0. The molecule has 3 N–H and O–H groups in total. The van der Waals surface area contributed by atoms with Crippen molar-refractivity contribution < 1.29 is 10.2 Å². The lowest BCUT2D eigenvalue weighted by atomic mass is 10.1. The highest BCUT2D eigenvalue weighted by molar-refractivity contribution is 5.37. The lowest BCUT2D eigenvalue weighted by Gasteiger charge is -2.25. The summed E-state index contributed by atoms with van der Waals surface area (Å²) in [6.45, 7) is 4.02. The van der Waals surface area contributed by atoms with E-state index in [0.29, 0.717) is 0 Å². The van der Waals surface area contributed by atoms with Gasteiger partial charge in [0.1, 0.15) is 11.5 Å². The van der Waals surface area contributed by atoms with E-state index >= 15 is 0 Å². The van der Waals surface area contributed by atoms with Crippen LogP contribution in [0.3, 0.4) is 0 Å². The Labute approximate surface area is 103 Å². The molecule has 4 nitrogen and oxygen atoms in total. The number of hydrogen-bond donors (Lipinski definition) is 3. The van der Waals surface area contributed by atoms with Gasteiger partial charge in [-0.2, -0.15) is 0 Å². The van der Waals surface area contributed by atoms with Gasteiger partial charge in [-0.15, -0.1) is 0 Å². The van der Waals surface area contributed by atoms with Crippen molar-refractivity contribution in [2.24, 2.45) is 0 Å². The minimum absolute atomic E-state index is 0.107. The molecule has 0 radical (unpaired) electrons. The van der Waals surface area contributed by atoms with Gasteiger partial charge in [0.2, 0.25) is 0 Å². The van der Waals surface area contributed by atoms with E-state index in [1.807, 2.05) is 14.1 Å². The van der Waals surface area contributed by atoms with E-state index in [2.05, 4.69) is 17.1 Å². The molecule has 0 aliphatic carbocycles. The van der Waals surface area contributed by atoms with Crippen molar-refractivity contribution in [2.75, 3.05) is 27.2 Å². The number of hydrogen-bond acceptors (Lipinski definition) is 4. The molecule has 1 aromatic carbocycles. The van der Waals surface area contributed by atoms with Crippen LogP contribution < -0.4 is 5.32 Å². The van der Waals surface area contributed by atoms with Crippen molar-refractivity contribution in [2.45, 2.75) is 19.4 Å². The standard InChI is InChI=1S/C13H22N2O2/c1-10(15(3)6-4-5-14-2)11-7-12(16)9-13(17)8-11/h7-10,14,16-17H,4-6H2,1-3H3. The lowest BCUT2D eigenvalue weighted by molar-refractivity contribution is 0.257. The maximum absolute atomic E-state index is 9.45. The molecule has 0 aliphatic rings. The fourth-order valence-corrected chi connectivity index (χ4v) is 1.81. The zero-order chi connectivity index (χ0) is 12.8. The summed E-state index contributed by atoms with van der Waals surface area (Å²) in [5.41, 5.74) is 0.925. The number of benzene rings is 1. The van der Waals surface area contributed by atoms with Gasteiger partial charge in [-0.25, -0.2) is 0 Å². The molecule has 4 heteroatoms. The van der Waals surface area contributed by atoms with Crippen molar-refractivity contribution in [3.63, 3.8) is 0 Å². The van der Waals surface area contributed by atoms with Gasteiger partial charge in [-0.3, -0.25) is 4.90 Å². The van der Waals surface area contributed by atoms with Gasteiger partial charge < -0.3 is 15.5 Å². The summed E-state index contributed by atoms with van der Waals surface area (Å²) in [7, 11) is 3.98. The summed E-state index contributed by atoms with van der Waals surface area (Å²) in [5, 5.41) is 22.0. The second kappa shape index (κ2) is 6.47. The van der Waals surface area contributed by atoms with Crippen LogP contribution in [-0.2, 0) is 0 Å². The first-order valence-electron chi connectivity index (χ1n) is 5.92. The van der Waals surface area contributed by atoms with E-state index in [1.165, 1.54) is 6.07 Å². The highest BCUT2D eigenvalue weighted by Gasteiger charge is 2.12. The van der Waals surface area contributed by atoms with Crippen molar-refractivity contribution >= 4 is 0 Å². The Morgan fingerprint density at radius 1 is 1.24 bits per heavy atom. The summed E-state index contributed by atoms with van der Waals surface area (Å²) in [6, 6.07) is 4.90. The van der Waals surface area contributed by atoms with Gasteiger partial charge in [0.25, 0.3) is 0 Å². The Balaban J connectivity index is 2.64. The third-order valence-corrected chi connectivity index (χ3v) is 3.01. The zero-order valence-corrected chi connectivity index (χ0v) is 10.8. The molecule has 0 spiro atoms. The number of aromatic hydroxyl groups is 2. The minimum atomic E-state index is 0.107. The second-order valence-corrected chi connectivity index (χ2v) is 4.40. The van der Waals surface area contributed by atoms with Gasteiger partial charge in [0.05, 0.1) is 0 Å². The molecule has 1 aromatic rings. The van der Waals surface area contributed by atoms with E-state index in [1.54, 1.807) is 12.1 Å². The SMILES string of the molecule is CNCCCN(C)C(C)c1cc(O)cc(O)c1. The van der Waals surface area contributed by atoms with E-state index in [4.69, 9.17) is 0 Å². The molecular formula is C13H22N2O2. The van der Waals surface area contributed by atoms with Gasteiger partial charge in [-0.1, -0.05) is 0 Å². The monoisotopic (exact) mass is 238 g/mol. The highest BCUT2D eigenvalue weighted by atomic mass is 16.3. The topological polar surface area (TPSA) is 55.7 Å². The third kappa shape index (κ3) is 4.24. The van der Waals surface area contributed by atoms with Crippen LogP contribution in [0.4, 0.5) is 0 Å². The Hall–Kier alpha value is -1.26. The molecule has 0 bridgehead atoms. The second-order valence-electron chi connectivity index (χ2n) is 4.40. The van der Waals surface area contributed by atoms with Crippen LogP contribution in [0.5, 0.6) is 11.5 Å². The molecule has 1 atom stereocenters. The molecule has 17 heavy (non-hydrogen) atoms. The van der Waals surface area contributed by atoms with E-state index in [9.17, 15) is 10.2 Å². The highest BCUT2D eigenvalue weighted by Crippen LogP contribution is 2.27. The summed E-state index contributed by atoms with van der Waals surface area (Å²) >= 11 is 0. The van der Waals surface area contributed by atoms with Gasteiger partial charge in [-0.05, 0) is 58.2 Å². The first kappa shape index (κ1) is 13.8. The first-order chi connectivity index (χ1) is 8.04. The van der Waals surface area contributed by atoms with Gasteiger partial charge in [0.15, 0.2) is 0 Å². The molecule has 0 heterocycles. The molecule has 0 saturated heterocycles. The van der Waals surface area contributed by atoms with Crippen molar-refractivity contribution in [1.29, 1.82) is 0 Å². The van der Waals surface area contributed by atoms with Crippen molar-refractivity contribution in [3.05, 3.63) is 23.8 Å². The van der Waals surface area contributed by atoms with Crippen LogP contribution in [0.2, 0.25) is 0 Å². The van der Waals surface area contributed by atoms with Crippen LogP contribution in [0.25, 0.3) is 0 Å². The smallest absolute Gasteiger partial charge is 0.119 e. The first-order valence-corrected chi connectivity index (χ1v) is 5.92. The molecule has 0 aliphatic heterocycles. The van der Waals surface area contributed by atoms with Crippen molar-refractivity contribution in [3.8, 4) is 11.5 Å². The molecule has 0 amide bonds. The van der Waals surface area contributed by atoms with Crippen LogP contribution in [0.1, 0.15) is 24.9 Å². The normalized spacial score (nSPS) is 12.9. The van der Waals surface area contributed by atoms with E-state index in [-0.39, 0.29) is 17.5 Å². The summed E-state index contributed by atoms with van der Waals surface area (Å²) in [5.74, 6) is 0.214. The van der Waals surface area contributed by atoms with Crippen LogP contribution in [0.15, 0.2) is 18.2 Å². The Bertz CT molecular complexity index is 335. The van der Waals surface area contributed by atoms with E-state index < -0.39 is 0 Å². The summed E-state index contributed by atoms with van der Waals surface area (Å²) in [4.78, 5) is 2.20. The number of nitrogens with zero attached hydrogens (tertiary/aromatic N) is 1. The minimum Gasteiger partial charge on any atom is -0.508 e. The quantitative estimate of drug-likeness (QED) is 0.660. The average Bonchev–Trinajstić information content (AvgIpc) is 2.27. The molecule has 0 fully saturated rings. The predicted molar refractivity (Wildman–Crippen MR) is 69.4 cm³/mol. The average molecular weight is 238 g/mol. The molecule has 0 saturated carbocycles. The predicted octanol–water partition coefficient (Wildman–Crippen LogP) is 1.70. The lowest BCUT2D eigenvalue weighted by Crippen LogP contribution is -2.25. The fraction of sp³-hybridized carbons (Fsp3) is 0.538. The number of nitrogens with one attached hydrogen (secondary N) is 1. The zero-order valence-electron chi connectivity index (χ0n) is 10.8. The Morgan fingerprint density at radius 3 is 2.35 bits per heavy atom. The molecule has 96 valence electrons. The molecule has 0 aromatic heterocycles. The molecular weight excluding hydrogens is 216 g/mol. The molecule has 1 rings (SSSR count). The van der Waals surface area contributed by atoms with Crippen LogP contribution in [-0.4, -0.2) is 42.3 Å². The Kier molecular flexibility index (Phi) is 5.25. The largest absolute Gasteiger partial charge is 0.508 e. The van der Waals surface area contributed by atoms with Crippen LogP contribution in [0, 0.1) is 0 Å². The third-order valence-electron chi connectivity index (χ3n) is 3.01. The number of phenols is 2. The maximum atomic E-state index is 9.45. The summed E-state index contributed by atoms with van der Waals surface area (Å²) in [6.07, 6.45) is 1.07. The van der Waals surface area contributed by atoms with Gasteiger partial charge in [0, 0.05) is 12.1 Å². The van der Waals surface area contributed by atoms with Crippen LogP contribution >= 0.6 is 0 Å². The van der Waals surface area contributed by atoms with Gasteiger partial charge >= 0.3 is 0 Å². The molecule has 1 unspecified atom stereocenters. The Morgan fingerprint density at radius 2 is 1.82 bits per heavy atom. The van der Waals surface area contributed by atoms with Crippen molar-refractivity contribution in [1.82, 2.24) is 10.2 Å².